The minimum Gasteiger partial charge on any atom is -0.384 e. The number of nitrogens with one attached hydrogen (secondary N) is 1. The summed E-state index contributed by atoms with van der Waals surface area (Å²) in [4.78, 5) is 15.7. The van der Waals surface area contributed by atoms with Gasteiger partial charge in [-0.15, -0.1) is 0 Å². The molecule has 1 aromatic rings. The van der Waals surface area contributed by atoms with Crippen molar-refractivity contribution in [2.45, 2.75) is 44.6 Å². The van der Waals surface area contributed by atoms with Crippen molar-refractivity contribution in [3.05, 3.63) is 18.3 Å². The highest BCUT2D eigenvalue weighted by molar-refractivity contribution is 7.99. The first kappa shape index (κ1) is 17.1. The molecule has 0 radical (unpaired) electrons. The molecule has 0 unspecified atom stereocenters. The van der Waals surface area contributed by atoms with E-state index in [9.17, 15) is 4.79 Å². The standard InChI is InChI=1S/C16H25N3O2S/c17-15-8-7-13(11-18-15)19-16(20)12-22-10-4-9-21-14-5-2-1-3-6-14/h7-8,11,14H,1-6,9-10,12H2,(H2,17,18)(H,19,20). The van der Waals surface area contributed by atoms with Crippen molar-refractivity contribution < 1.29 is 9.53 Å². The molecule has 1 saturated carbocycles. The number of pyridine rings is 1. The van der Waals surface area contributed by atoms with Gasteiger partial charge in [0, 0.05) is 6.61 Å². The van der Waals surface area contributed by atoms with Gasteiger partial charge in [-0.1, -0.05) is 19.3 Å². The van der Waals surface area contributed by atoms with Crippen molar-refractivity contribution in [3.8, 4) is 0 Å². The maximum atomic E-state index is 11.8. The lowest BCUT2D eigenvalue weighted by molar-refractivity contribution is -0.113. The van der Waals surface area contributed by atoms with Crippen LogP contribution < -0.4 is 11.1 Å². The van der Waals surface area contributed by atoms with Gasteiger partial charge in [-0.05, 0) is 37.1 Å². The van der Waals surface area contributed by atoms with Gasteiger partial charge in [0.1, 0.15) is 5.82 Å². The molecule has 0 saturated heterocycles. The Hall–Kier alpha value is -1.27. The second-order valence-electron chi connectivity index (χ2n) is 5.56. The van der Waals surface area contributed by atoms with E-state index in [1.807, 2.05) is 0 Å². The molecule has 5 nitrogen and oxygen atoms in total. The first-order valence-corrected chi connectivity index (χ1v) is 9.10. The van der Waals surface area contributed by atoms with Crippen LogP contribution >= 0.6 is 11.8 Å². The summed E-state index contributed by atoms with van der Waals surface area (Å²) in [6.07, 6.45) is 9.43. The van der Waals surface area contributed by atoms with Crippen LogP contribution in [0.15, 0.2) is 18.3 Å². The van der Waals surface area contributed by atoms with Gasteiger partial charge in [0.25, 0.3) is 0 Å². The zero-order valence-corrected chi connectivity index (χ0v) is 13.7. The number of amides is 1. The summed E-state index contributed by atoms with van der Waals surface area (Å²) >= 11 is 1.63. The van der Waals surface area contributed by atoms with Crippen molar-refractivity contribution in [1.29, 1.82) is 0 Å². The maximum Gasteiger partial charge on any atom is 0.234 e. The van der Waals surface area contributed by atoms with Gasteiger partial charge >= 0.3 is 0 Å². The second kappa shape index (κ2) is 9.69. The van der Waals surface area contributed by atoms with Crippen molar-refractivity contribution in [2.24, 2.45) is 0 Å². The molecule has 1 heterocycles. The average molecular weight is 323 g/mol. The number of carbonyl (C=O) groups is 1. The van der Waals surface area contributed by atoms with Gasteiger partial charge in [0.15, 0.2) is 0 Å². The van der Waals surface area contributed by atoms with Crippen LogP contribution in [0.25, 0.3) is 0 Å². The van der Waals surface area contributed by atoms with Crippen molar-refractivity contribution in [2.75, 3.05) is 29.2 Å². The predicted octanol–water partition coefficient (Wildman–Crippen LogP) is 3.07. The summed E-state index contributed by atoms with van der Waals surface area (Å²) in [5.41, 5.74) is 6.18. The highest BCUT2D eigenvalue weighted by atomic mass is 32.2. The Balaban J connectivity index is 1.49. The van der Waals surface area contributed by atoms with E-state index in [2.05, 4.69) is 10.3 Å². The Morgan fingerprint density at radius 3 is 2.91 bits per heavy atom. The van der Waals surface area contributed by atoms with Crippen molar-refractivity contribution >= 4 is 29.2 Å². The van der Waals surface area contributed by atoms with E-state index in [-0.39, 0.29) is 5.91 Å². The molecule has 2 rings (SSSR count). The zero-order valence-electron chi connectivity index (χ0n) is 12.9. The van der Waals surface area contributed by atoms with Gasteiger partial charge in [-0.3, -0.25) is 4.79 Å². The normalized spacial score (nSPS) is 15.6. The summed E-state index contributed by atoms with van der Waals surface area (Å²) < 4.78 is 5.86. The summed E-state index contributed by atoms with van der Waals surface area (Å²) in [7, 11) is 0. The number of thioether (sulfide) groups is 1. The lowest BCUT2D eigenvalue weighted by Gasteiger charge is -2.21. The third-order valence-corrected chi connectivity index (χ3v) is 4.69. The fourth-order valence-electron chi connectivity index (χ4n) is 2.48. The summed E-state index contributed by atoms with van der Waals surface area (Å²) in [6, 6.07) is 3.42. The van der Waals surface area contributed by atoms with E-state index in [1.165, 1.54) is 32.1 Å². The number of rotatable bonds is 8. The number of ether oxygens (including phenoxy) is 1. The summed E-state index contributed by atoms with van der Waals surface area (Å²) in [6.45, 7) is 0.807. The van der Waals surface area contributed by atoms with Crippen LogP contribution in [0.5, 0.6) is 0 Å². The van der Waals surface area contributed by atoms with Gasteiger partial charge in [0.05, 0.1) is 23.7 Å². The number of hydrogen-bond acceptors (Lipinski definition) is 5. The van der Waals surface area contributed by atoms with E-state index in [4.69, 9.17) is 10.5 Å². The molecule has 0 spiro atoms. The van der Waals surface area contributed by atoms with Crippen LogP contribution in [0.4, 0.5) is 11.5 Å². The van der Waals surface area contributed by atoms with E-state index >= 15 is 0 Å². The number of nitrogen functional groups attached to an aromatic ring is 1. The third-order valence-electron chi connectivity index (χ3n) is 3.64. The molecule has 0 aromatic carbocycles. The quantitative estimate of drug-likeness (QED) is 0.719. The monoisotopic (exact) mass is 323 g/mol. The lowest BCUT2D eigenvalue weighted by atomic mass is 9.98. The molecule has 1 aliphatic carbocycles. The molecule has 0 atom stereocenters. The maximum absolute atomic E-state index is 11.8. The SMILES string of the molecule is Nc1ccc(NC(=O)CSCCCOC2CCCCC2)cn1. The first-order chi connectivity index (χ1) is 10.7. The average Bonchev–Trinajstić information content (AvgIpc) is 2.54. The Morgan fingerprint density at radius 2 is 2.18 bits per heavy atom. The lowest BCUT2D eigenvalue weighted by Crippen LogP contribution is -2.17. The van der Waals surface area contributed by atoms with E-state index in [1.54, 1.807) is 30.1 Å². The number of nitrogens with two attached hydrogens (primary N) is 1. The minimum atomic E-state index is -0.00947. The molecular formula is C16H25N3O2S. The fraction of sp³-hybridized carbons (Fsp3) is 0.625. The number of nitrogens with zero attached hydrogens (tertiary/aromatic N) is 1. The predicted molar refractivity (Wildman–Crippen MR) is 92.0 cm³/mol. The molecule has 1 aromatic heterocycles. The van der Waals surface area contributed by atoms with Crippen LogP contribution in [-0.2, 0) is 9.53 Å². The Bertz CT molecular complexity index is 447. The molecule has 0 bridgehead atoms. The Labute approximate surface area is 136 Å². The van der Waals surface area contributed by atoms with E-state index in [0.29, 0.717) is 23.4 Å². The van der Waals surface area contributed by atoms with Crippen LogP contribution in [0, 0.1) is 0 Å². The molecule has 1 amide bonds. The third kappa shape index (κ3) is 6.66. The Kier molecular flexibility index (Phi) is 7.53. The first-order valence-electron chi connectivity index (χ1n) is 7.95. The summed E-state index contributed by atoms with van der Waals surface area (Å²) in [5.74, 6) is 1.84. The smallest absolute Gasteiger partial charge is 0.234 e. The van der Waals surface area contributed by atoms with Gasteiger partial charge < -0.3 is 15.8 Å². The van der Waals surface area contributed by atoms with Gasteiger partial charge in [-0.25, -0.2) is 4.98 Å². The van der Waals surface area contributed by atoms with Crippen LogP contribution in [0.1, 0.15) is 38.5 Å². The van der Waals surface area contributed by atoms with Crippen LogP contribution in [-0.4, -0.2) is 35.1 Å². The molecule has 22 heavy (non-hydrogen) atoms. The number of carbonyl (C=O) groups excluding carboxylic acids is 1. The molecule has 3 N–H and O–H groups in total. The van der Waals surface area contributed by atoms with Crippen molar-refractivity contribution in [1.82, 2.24) is 4.98 Å². The van der Waals surface area contributed by atoms with Gasteiger partial charge in [0.2, 0.25) is 5.91 Å². The van der Waals surface area contributed by atoms with E-state index < -0.39 is 0 Å². The van der Waals surface area contributed by atoms with Crippen molar-refractivity contribution in [3.63, 3.8) is 0 Å². The van der Waals surface area contributed by atoms with E-state index in [0.717, 1.165) is 18.8 Å². The largest absolute Gasteiger partial charge is 0.384 e. The Morgan fingerprint density at radius 1 is 1.36 bits per heavy atom. The molecule has 6 heteroatoms. The molecule has 1 fully saturated rings. The molecule has 0 aliphatic heterocycles. The highest BCUT2D eigenvalue weighted by Crippen LogP contribution is 2.20. The minimum absolute atomic E-state index is 0.00947. The van der Waals surface area contributed by atoms with Gasteiger partial charge in [-0.2, -0.15) is 11.8 Å². The number of hydrogen-bond donors (Lipinski definition) is 2. The van der Waals surface area contributed by atoms with Crippen LogP contribution in [0.3, 0.4) is 0 Å². The molecular weight excluding hydrogens is 298 g/mol. The number of aromatic nitrogens is 1. The summed E-state index contributed by atoms with van der Waals surface area (Å²) in [5, 5.41) is 2.80. The molecule has 1 aliphatic rings. The topological polar surface area (TPSA) is 77.2 Å². The highest BCUT2D eigenvalue weighted by Gasteiger charge is 2.13. The zero-order chi connectivity index (χ0) is 15.6. The van der Waals surface area contributed by atoms with Crippen LogP contribution in [0.2, 0.25) is 0 Å². The second-order valence-corrected chi connectivity index (χ2v) is 6.66. The molecule has 122 valence electrons. The number of anilines is 2. The fourth-order valence-corrected chi connectivity index (χ4v) is 3.21.